The molecule has 4 aromatic carbocycles. The van der Waals surface area contributed by atoms with Gasteiger partial charge in [-0.2, -0.15) is 0 Å². The van der Waals surface area contributed by atoms with Crippen LogP contribution in [0.5, 0.6) is 0 Å². The van der Waals surface area contributed by atoms with Crippen molar-refractivity contribution in [3.05, 3.63) is 143 Å². The maximum atomic E-state index is 12.0. The van der Waals surface area contributed by atoms with Gasteiger partial charge < -0.3 is 0 Å². The maximum absolute atomic E-state index is 12.0. The number of hydrogen-bond donors (Lipinski definition) is 0. The average molecular weight is 528 g/mol. The molecule has 0 fully saturated rings. The molecule has 4 rings (SSSR count). The molecule has 0 atom stereocenters. The van der Waals surface area contributed by atoms with Crippen molar-refractivity contribution >= 4 is 0 Å². The predicted molar refractivity (Wildman–Crippen MR) is 105 cm³/mol. The Labute approximate surface area is 196 Å². The highest BCUT2D eigenvalue weighted by atomic mass is 19.2. The largest absolute Gasteiger partial charge is 0.207 e. The first kappa shape index (κ1) is 30.1. The summed E-state index contributed by atoms with van der Waals surface area (Å²) >= 11 is 0. The summed E-state index contributed by atoms with van der Waals surface area (Å²) in [6.07, 6.45) is 0. The third-order valence-electron chi connectivity index (χ3n) is 3.57. The van der Waals surface area contributed by atoms with Gasteiger partial charge in [-0.15, -0.1) is 0 Å². The Morgan fingerprint density at radius 1 is 0.278 bits per heavy atom. The second kappa shape index (κ2) is 14.4. The molecule has 0 unspecified atom stereocenters. The van der Waals surface area contributed by atoms with E-state index in [9.17, 15) is 52.7 Å². The van der Waals surface area contributed by atoms with Crippen LogP contribution in [0, 0.1) is 69.8 Å². The van der Waals surface area contributed by atoms with Crippen molar-refractivity contribution in [1.82, 2.24) is 0 Å². The van der Waals surface area contributed by atoms with Gasteiger partial charge in [0.1, 0.15) is 11.6 Å². The summed E-state index contributed by atoms with van der Waals surface area (Å²) in [5.41, 5.74) is 0. The van der Waals surface area contributed by atoms with Gasteiger partial charge in [0.2, 0.25) is 0 Å². The zero-order valence-corrected chi connectivity index (χ0v) is 17.5. The topological polar surface area (TPSA) is 0 Å². The maximum Gasteiger partial charge on any atom is 0.194 e. The van der Waals surface area contributed by atoms with Crippen molar-refractivity contribution in [1.29, 1.82) is 0 Å². The Hall–Kier alpha value is -3.96. The molecule has 0 heterocycles. The van der Waals surface area contributed by atoms with Crippen LogP contribution in [0.15, 0.2) is 72.8 Å². The molecule has 192 valence electrons. The Kier molecular flexibility index (Phi) is 12.1. The minimum Gasteiger partial charge on any atom is -0.207 e. The lowest BCUT2D eigenvalue weighted by Gasteiger charge is -1.90. The minimum absolute atomic E-state index is 0.495. The zero-order chi connectivity index (χ0) is 27.4. The molecular formula is C24H12F12. The Morgan fingerprint density at radius 2 is 0.556 bits per heavy atom. The van der Waals surface area contributed by atoms with Gasteiger partial charge >= 0.3 is 0 Å². The number of hydrogen-bond acceptors (Lipinski definition) is 0. The molecule has 0 bridgehead atoms. The molecular weight excluding hydrogens is 516 g/mol. The van der Waals surface area contributed by atoms with Crippen molar-refractivity contribution in [2.24, 2.45) is 0 Å². The van der Waals surface area contributed by atoms with Gasteiger partial charge in [-0.1, -0.05) is 12.1 Å². The molecule has 0 aliphatic rings. The second-order valence-electron chi connectivity index (χ2n) is 6.19. The summed E-state index contributed by atoms with van der Waals surface area (Å²) in [4.78, 5) is 0. The first-order valence-electron chi connectivity index (χ1n) is 9.23. The van der Waals surface area contributed by atoms with Gasteiger partial charge in [0.05, 0.1) is 0 Å². The van der Waals surface area contributed by atoms with E-state index in [1.54, 1.807) is 0 Å². The van der Waals surface area contributed by atoms with E-state index in [-0.39, 0.29) is 0 Å². The lowest BCUT2D eigenvalue weighted by molar-refractivity contribution is 0.447. The van der Waals surface area contributed by atoms with E-state index in [1.807, 2.05) is 0 Å². The van der Waals surface area contributed by atoms with Gasteiger partial charge in [0.15, 0.2) is 58.2 Å². The van der Waals surface area contributed by atoms with Crippen LogP contribution < -0.4 is 0 Å². The van der Waals surface area contributed by atoms with Gasteiger partial charge in [0, 0.05) is 12.1 Å². The molecule has 0 aromatic heterocycles. The Bertz CT molecular complexity index is 1130. The third-order valence-corrected chi connectivity index (χ3v) is 3.57. The van der Waals surface area contributed by atoms with E-state index in [4.69, 9.17) is 0 Å². The van der Waals surface area contributed by atoms with Crippen LogP contribution in [-0.4, -0.2) is 0 Å². The molecule has 0 aliphatic carbocycles. The van der Waals surface area contributed by atoms with Crippen LogP contribution >= 0.6 is 0 Å². The fourth-order valence-corrected chi connectivity index (χ4v) is 1.90. The molecule has 0 saturated carbocycles. The van der Waals surface area contributed by atoms with Crippen LogP contribution in [0.3, 0.4) is 0 Å². The quantitative estimate of drug-likeness (QED) is 0.122. The lowest BCUT2D eigenvalue weighted by atomic mass is 10.3. The summed E-state index contributed by atoms with van der Waals surface area (Å²) < 4.78 is 144. The van der Waals surface area contributed by atoms with Crippen LogP contribution in [-0.2, 0) is 0 Å². The van der Waals surface area contributed by atoms with Gasteiger partial charge in [-0.25, -0.2) is 52.7 Å². The van der Waals surface area contributed by atoms with Crippen LogP contribution in [0.25, 0.3) is 0 Å². The van der Waals surface area contributed by atoms with Crippen molar-refractivity contribution in [3.63, 3.8) is 0 Å². The number of benzene rings is 4. The Balaban J connectivity index is 0.000000240. The molecule has 4 aromatic rings. The van der Waals surface area contributed by atoms with Crippen molar-refractivity contribution < 1.29 is 52.7 Å². The highest BCUT2D eigenvalue weighted by Gasteiger charge is 2.05. The van der Waals surface area contributed by atoms with E-state index >= 15 is 0 Å². The molecule has 0 nitrogen and oxygen atoms in total. The van der Waals surface area contributed by atoms with Crippen LogP contribution in [0.1, 0.15) is 0 Å². The number of halogens is 12. The van der Waals surface area contributed by atoms with E-state index in [1.165, 1.54) is 0 Å². The third kappa shape index (κ3) is 10.1. The predicted octanol–water partition coefficient (Wildman–Crippen LogP) is 8.42. The van der Waals surface area contributed by atoms with E-state index < -0.39 is 69.8 Å². The zero-order valence-electron chi connectivity index (χ0n) is 17.5. The lowest BCUT2D eigenvalue weighted by Crippen LogP contribution is -1.86. The molecule has 12 heteroatoms. The standard InChI is InChI=1S/4C6H3F3/c2*7-4-1-2-5(8)6(9)3-4;2*7-4-2-1-3-5(8)6(4)9/h4*1-3H. The summed E-state index contributed by atoms with van der Waals surface area (Å²) in [6, 6.07) is 9.84. The molecule has 0 radical (unpaired) electrons. The molecule has 36 heavy (non-hydrogen) atoms. The molecule has 0 saturated heterocycles. The van der Waals surface area contributed by atoms with Crippen molar-refractivity contribution in [3.8, 4) is 0 Å². The molecule has 0 amide bonds. The number of rotatable bonds is 0. The molecule has 0 spiro atoms. The first-order chi connectivity index (χ1) is 16.8. The van der Waals surface area contributed by atoms with Crippen LogP contribution in [0.2, 0.25) is 0 Å². The summed E-state index contributed by atoms with van der Waals surface area (Å²) in [5.74, 6) is -13.4. The van der Waals surface area contributed by atoms with E-state index in [0.29, 0.717) is 12.1 Å². The monoisotopic (exact) mass is 528 g/mol. The smallest absolute Gasteiger partial charge is 0.194 e. The highest BCUT2D eigenvalue weighted by Crippen LogP contribution is 2.09. The second-order valence-corrected chi connectivity index (χ2v) is 6.19. The highest BCUT2D eigenvalue weighted by molar-refractivity contribution is 5.09. The van der Waals surface area contributed by atoms with Crippen molar-refractivity contribution in [2.75, 3.05) is 0 Å². The van der Waals surface area contributed by atoms with Gasteiger partial charge in [0.25, 0.3) is 0 Å². The summed E-state index contributed by atoms with van der Waals surface area (Å²) in [5, 5.41) is 0. The summed E-state index contributed by atoms with van der Waals surface area (Å²) in [6.45, 7) is 0. The fourth-order valence-electron chi connectivity index (χ4n) is 1.90. The fraction of sp³-hybridized carbons (Fsp3) is 0. The van der Waals surface area contributed by atoms with Gasteiger partial charge in [-0.05, 0) is 48.5 Å². The molecule has 0 N–H and O–H groups in total. The molecule has 0 aliphatic heterocycles. The first-order valence-corrected chi connectivity index (χ1v) is 9.23. The Morgan fingerprint density at radius 3 is 0.750 bits per heavy atom. The normalized spacial score (nSPS) is 9.67. The summed E-state index contributed by atoms with van der Waals surface area (Å²) in [7, 11) is 0. The van der Waals surface area contributed by atoms with Gasteiger partial charge in [-0.3, -0.25) is 0 Å². The minimum atomic E-state index is -1.42. The average Bonchev–Trinajstić information content (AvgIpc) is 2.82. The van der Waals surface area contributed by atoms with Crippen LogP contribution in [0.4, 0.5) is 52.7 Å². The van der Waals surface area contributed by atoms with E-state index in [2.05, 4.69) is 0 Å². The SMILES string of the molecule is Fc1ccc(F)c(F)c1.Fc1ccc(F)c(F)c1.Fc1cccc(F)c1F.Fc1cccc(F)c1F. The van der Waals surface area contributed by atoms with Crippen molar-refractivity contribution in [2.45, 2.75) is 0 Å². The van der Waals surface area contributed by atoms with E-state index in [0.717, 1.165) is 60.7 Å².